The summed E-state index contributed by atoms with van der Waals surface area (Å²) in [7, 11) is 0. The van der Waals surface area contributed by atoms with Crippen LogP contribution in [0.3, 0.4) is 0 Å². The fourth-order valence-corrected chi connectivity index (χ4v) is 1.18. The van der Waals surface area contributed by atoms with Crippen molar-refractivity contribution in [2.24, 2.45) is 16.9 Å². The number of hydrogen-bond acceptors (Lipinski definition) is 2. The third-order valence-corrected chi connectivity index (χ3v) is 2.35. The van der Waals surface area contributed by atoms with Crippen molar-refractivity contribution >= 4 is 0 Å². The molecule has 0 bridgehead atoms. The van der Waals surface area contributed by atoms with E-state index in [-0.39, 0.29) is 0 Å². The third kappa shape index (κ3) is 3.18. The molecule has 0 aromatic rings. The monoisotopic (exact) mass is 144 g/mol. The molecule has 2 nitrogen and oxygen atoms in total. The predicted octanol–water partition coefficient (Wildman–Crippen LogP) is 1.10. The van der Waals surface area contributed by atoms with Crippen LogP contribution in [-0.2, 0) is 0 Å². The number of rotatable bonds is 5. The average molecular weight is 144 g/mol. The predicted molar refractivity (Wildman–Crippen MR) is 45.7 cm³/mol. The van der Waals surface area contributed by atoms with Gasteiger partial charge in [-0.15, -0.1) is 0 Å². The second kappa shape index (κ2) is 4.69. The first-order valence-electron chi connectivity index (χ1n) is 4.08. The van der Waals surface area contributed by atoms with E-state index in [2.05, 4.69) is 13.8 Å². The summed E-state index contributed by atoms with van der Waals surface area (Å²) in [5.41, 5.74) is 11.4. The van der Waals surface area contributed by atoms with Gasteiger partial charge in [-0.1, -0.05) is 20.3 Å². The van der Waals surface area contributed by atoms with Crippen LogP contribution >= 0.6 is 0 Å². The highest BCUT2D eigenvalue weighted by Crippen LogP contribution is 2.28. The Morgan fingerprint density at radius 1 is 1.10 bits per heavy atom. The highest BCUT2D eigenvalue weighted by atomic mass is 14.6. The van der Waals surface area contributed by atoms with Crippen molar-refractivity contribution in [3.8, 4) is 0 Å². The van der Waals surface area contributed by atoms with Gasteiger partial charge in [0.05, 0.1) is 0 Å². The van der Waals surface area contributed by atoms with Crippen molar-refractivity contribution in [2.75, 3.05) is 13.1 Å². The summed E-state index contributed by atoms with van der Waals surface area (Å²) in [4.78, 5) is 0. The lowest BCUT2D eigenvalue weighted by atomic mass is 9.81. The van der Waals surface area contributed by atoms with E-state index in [1.165, 1.54) is 6.42 Å². The van der Waals surface area contributed by atoms with Crippen LogP contribution in [-0.4, -0.2) is 13.1 Å². The van der Waals surface area contributed by atoms with E-state index in [1.54, 1.807) is 0 Å². The molecule has 0 aromatic heterocycles. The SMILES string of the molecule is CCC(C)(CCN)CCN. The first kappa shape index (κ1) is 9.92. The minimum absolute atomic E-state index is 0.392. The van der Waals surface area contributed by atoms with E-state index >= 15 is 0 Å². The van der Waals surface area contributed by atoms with E-state index in [0.29, 0.717) is 5.41 Å². The largest absolute Gasteiger partial charge is 0.330 e. The molecule has 0 fully saturated rings. The maximum absolute atomic E-state index is 5.48. The molecule has 4 N–H and O–H groups in total. The van der Waals surface area contributed by atoms with Crippen LogP contribution in [0.1, 0.15) is 33.1 Å². The molecule has 0 aliphatic heterocycles. The standard InChI is InChI=1S/C8H20N2/c1-3-8(2,4-6-9)5-7-10/h3-7,9-10H2,1-2H3. The quantitative estimate of drug-likeness (QED) is 0.607. The van der Waals surface area contributed by atoms with Crippen molar-refractivity contribution < 1.29 is 0 Å². The topological polar surface area (TPSA) is 52.0 Å². The second-order valence-electron chi connectivity index (χ2n) is 3.24. The Labute approximate surface area is 64.0 Å². The lowest BCUT2D eigenvalue weighted by Crippen LogP contribution is -2.23. The van der Waals surface area contributed by atoms with Gasteiger partial charge in [-0.3, -0.25) is 0 Å². The second-order valence-corrected chi connectivity index (χ2v) is 3.24. The van der Waals surface area contributed by atoms with Gasteiger partial charge in [-0.2, -0.15) is 0 Å². The number of hydrogen-bond donors (Lipinski definition) is 2. The van der Waals surface area contributed by atoms with E-state index < -0.39 is 0 Å². The molecule has 0 saturated carbocycles. The van der Waals surface area contributed by atoms with E-state index in [0.717, 1.165) is 25.9 Å². The third-order valence-electron chi connectivity index (χ3n) is 2.35. The maximum Gasteiger partial charge on any atom is -0.00721 e. The van der Waals surface area contributed by atoms with E-state index in [4.69, 9.17) is 11.5 Å². The van der Waals surface area contributed by atoms with Crippen molar-refractivity contribution in [3.63, 3.8) is 0 Å². The molecule has 0 aliphatic rings. The normalized spacial score (nSPS) is 12.0. The molecule has 62 valence electrons. The van der Waals surface area contributed by atoms with Crippen LogP contribution in [0.2, 0.25) is 0 Å². The molecule has 0 radical (unpaired) electrons. The summed E-state index contributed by atoms with van der Waals surface area (Å²) in [5, 5.41) is 0. The molecule has 0 unspecified atom stereocenters. The minimum atomic E-state index is 0.392. The van der Waals surface area contributed by atoms with Crippen molar-refractivity contribution in [3.05, 3.63) is 0 Å². The van der Waals surface area contributed by atoms with Gasteiger partial charge in [0.2, 0.25) is 0 Å². The molecular formula is C8H20N2. The van der Waals surface area contributed by atoms with Gasteiger partial charge in [0.15, 0.2) is 0 Å². The van der Waals surface area contributed by atoms with Gasteiger partial charge in [0.25, 0.3) is 0 Å². The Morgan fingerprint density at radius 3 is 1.70 bits per heavy atom. The molecule has 0 aromatic carbocycles. The fraction of sp³-hybridized carbons (Fsp3) is 1.00. The summed E-state index contributed by atoms with van der Waals surface area (Å²) >= 11 is 0. The fourth-order valence-electron chi connectivity index (χ4n) is 1.18. The molecule has 0 heterocycles. The average Bonchev–Trinajstić information content (AvgIpc) is 1.89. The van der Waals surface area contributed by atoms with Crippen LogP contribution in [0.5, 0.6) is 0 Å². The zero-order valence-corrected chi connectivity index (χ0v) is 7.19. The summed E-state index contributed by atoms with van der Waals surface area (Å²) in [6, 6.07) is 0. The smallest absolute Gasteiger partial charge is 0.00721 e. The lowest BCUT2D eigenvalue weighted by molar-refractivity contribution is 0.270. The first-order valence-corrected chi connectivity index (χ1v) is 4.08. The Kier molecular flexibility index (Phi) is 4.65. The molecule has 10 heavy (non-hydrogen) atoms. The van der Waals surface area contributed by atoms with Crippen LogP contribution in [0, 0.1) is 5.41 Å². The summed E-state index contributed by atoms with van der Waals surface area (Å²) in [5.74, 6) is 0. The number of nitrogens with two attached hydrogens (primary N) is 2. The minimum Gasteiger partial charge on any atom is -0.330 e. The Balaban J connectivity index is 3.69. The zero-order valence-electron chi connectivity index (χ0n) is 7.19. The Hall–Kier alpha value is -0.0800. The van der Waals surface area contributed by atoms with Crippen molar-refractivity contribution in [1.82, 2.24) is 0 Å². The van der Waals surface area contributed by atoms with Gasteiger partial charge in [0.1, 0.15) is 0 Å². The van der Waals surface area contributed by atoms with Crippen LogP contribution in [0.25, 0.3) is 0 Å². The van der Waals surface area contributed by atoms with Crippen LogP contribution < -0.4 is 11.5 Å². The first-order chi connectivity index (χ1) is 4.68. The van der Waals surface area contributed by atoms with Gasteiger partial charge in [0, 0.05) is 0 Å². The molecule has 0 spiro atoms. The molecule has 0 rings (SSSR count). The van der Waals surface area contributed by atoms with Gasteiger partial charge < -0.3 is 11.5 Å². The van der Waals surface area contributed by atoms with Gasteiger partial charge >= 0.3 is 0 Å². The van der Waals surface area contributed by atoms with E-state index in [1.807, 2.05) is 0 Å². The van der Waals surface area contributed by atoms with Crippen LogP contribution in [0.15, 0.2) is 0 Å². The summed E-state index contributed by atoms with van der Waals surface area (Å²) in [6.07, 6.45) is 3.38. The highest BCUT2D eigenvalue weighted by molar-refractivity contribution is 4.72. The molecule has 0 saturated heterocycles. The Morgan fingerprint density at radius 2 is 1.50 bits per heavy atom. The molecule has 2 heteroatoms. The maximum atomic E-state index is 5.48. The summed E-state index contributed by atoms with van der Waals surface area (Å²) in [6.45, 7) is 6.02. The van der Waals surface area contributed by atoms with Gasteiger partial charge in [-0.05, 0) is 31.3 Å². The lowest BCUT2D eigenvalue weighted by Gasteiger charge is -2.26. The van der Waals surface area contributed by atoms with Crippen molar-refractivity contribution in [2.45, 2.75) is 33.1 Å². The molecule has 0 aliphatic carbocycles. The zero-order chi connectivity index (χ0) is 8.04. The molecule has 0 atom stereocenters. The van der Waals surface area contributed by atoms with Gasteiger partial charge in [-0.25, -0.2) is 0 Å². The molecule has 0 amide bonds. The molecular weight excluding hydrogens is 124 g/mol. The highest BCUT2D eigenvalue weighted by Gasteiger charge is 2.19. The van der Waals surface area contributed by atoms with E-state index in [9.17, 15) is 0 Å². The van der Waals surface area contributed by atoms with Crippen molar-refractivity contribution in [1.29, 1.82) is 0 Å². The summed E-state index contributed by atoms with van der Waals surface area (Å²) < 4.78 is 0. The Bertz CT molecular complexity index is 75.3. The van der Waals surface area contributed by atoms with Crippen LogP contribution in [0.4, 0.5) is 0 Å².